The number of carbonyl (C=O) groups excluding carboxylic acids is 1. The molecular formula is C22H16N2O. The maximum absolute atomic E-state index is 12.5. The van der Waals surface area contributed by atoms with Gasteiger partial charge in [0.25, 0.3) is 5.91 Å². The first-order valence-corrected chi connectivity index (χ1v) is 7.90. The maximum atomic E-state index is 12.5. The molecule has 3 aromatic rings. The first-order valence-electron chi connectivity index (χ1n) is 7.90. The van der Waals surface area contributed by atoms with Crippen LogP contribution in [0, 0.1) is 11.3 Å². The van der Waals surface area contributed by atoms with E-state index >= 15 is 0 Å². The molecular weight excluding hydrogens is 308 g/mol. The molecule has 3 nitrogen and oxygen atoms in total. The van der Waals surface area contributed by atoms with Crippen LogP contribution in [0.25, 0.3) is 17.2 Å². The number of anilines is 1. The van der Waals surface area contributed by atoms with Crippen LogP contribution in [0.1, 0.15) is 5.56 Å². The van der Waals surface area contributed by atoms with Gasteiger partial charge >= 0.3 is 0 Å². The van der Waals surface area contributed by atoms with Crippen LogP contribution in [0.5, 0.6) is 0 Å². The Morgan fingerprint density at radius 2 is 1.44 bits per heavy atom. The van der Waals surface area contributed by atoms with Gasteiger partial charge < -0.3 is 5.32 Å². The molecule has 0 radical (unpaired) electrons. The van der Waals surface area contributed by atoms with Crippen LogP contribution < -0.4 is 5.32 Å². The van der Waals surface area contributed by atoms with Gasteiger partial charge in [0.2, 0.25) is 0 Å². The van der Waals surface area contributed by atoms with E-state index in [-0.39, 0.29) is 5.57 Å². The third kappa shape index (κ3) is 4.01. The molecule has 0 saturated carbocycles. The highest BCUT2D eigenvalue weighted by Gasteiger charge is 2.12. The molecule has 1 amide bonds. The van der Waals surface area contributed by atoms with Gasteiger partial charge in [-0.2, -0.15) is 5.26 Å². The average Bonchev–Trinajstić information content (AvgIpc) is 2.68. The highest BCUT2D eigenvalue weighted by Crippen LogP contribution is 2.27. The minimum atomic E-state index is -0.422. The summed E-state index contributed by atoms with van der Waals surface area (Å²) in [5.74, 6) is -0.422. The molecule has 0 saturated heterocycles. The second-order valence-electron chi connectivity index (χ2n) is 5.45. The number of rotatable bonds is 4. The Morgan fingerprint density at radius 1 is 0.840 bits per heavy atom. The first-order chi connectivity index (χ1) is 12.3. The van der Waals surface area contributed by atoms with Gasteiger partial charge in [0.05, 0.1) is 0 Å². The van der Waals surface area contributed by atoms with Gasteiger partial charge in [0, 0.05) is 11.3 Å². The summed E-state index contributed by atoms with van der Waals surface area (Å²) in [7, 11) is 0. The fourth-order valence-electron chi connectivity index (χ4n) is 2.52. The maximum Gasteiger partial charge on any atom is 0.266 e. The predicted molar refractivity (Wildman–Crippen MR) is 101 cm³/mol. The van der Waals surface area contributed by atoms with Crippen LogP contribution in [0.4, 0.5) is 5.69 Å². The number of para-hydroxylation sites is 1. The summed E-state index contributed by atoms with van der Waals surface area (Å²) >= 11 is 0. The summed E-state index contributed by atoms with van der Waals surface area (Å²) in [6.07, 6.45) is 1.58. The molecule has 0 unspecified atom stereocenters. The molecule has 0 aliphatic carbocycles. The van der Waals surface area contributed by atoms with Crippen LogP contribution in [-0.4, -0.2) is 5.91 Å². The van der Waals surface area contributed by atoms with Crippen molar-refractivity contribution in [3.05, 3.63) is 96.1 Å². The molecule has 0 heterocycles. The molecule has 120 valence electrons. The number of hydrogen-bond donors (Lipinski definition) is 1. The van der Waals surface area contributed by atoms with Gasteiger partial charge in [-0.25, -0.2) is 0 Å². The van der Waals surface area contributed by atoms with E-state index in [1.54, 1.807) is 6.08 Å². The van der Waals surface area contributed by atoms with Crippen LogP contribution >= 0.6 is 0 Å². The molecule has 3 aromatic carbocycles. The molecule has 0 fully saturated rings. The number of nitrogens with one attached hydrogen (secondary N) is 1. The molecule has 0 aromatic heterocycles. The lowest BCUT2D eigenvalue weighted by atomic mass is 10.0. The zero-order chi connectivity index (χ0) is 17.5. The van der Waals surface area contributed by atoms with Crippen molar-refractivity contribution in [2.75, 3.05) is 5.32 Å². The summed E-state index contributed by atoms with van der Waals surface area (Å²) in [5, 5.41) is 12.2. The fourth-order valence-corrected chi connectivity index (χ4v) is 2.52. The van der Waals surface area contributed by atoms with Gasteiger partial charge in [-0.3, -0.25) is 4.79 Å². The first kappa shape index (κ1) is 16.2. The SMILES string of the molecule is N#C/C(=C/c1ccccc1)C(=O)Nc1ccccc1-c1ccccc1. The zero-order valence-electron chi connectivity index (χ0n) is 13.5. The quantitative estimate of drug-likeness (QED) is 0.548. The number of benzene rings is 3. The molecule has 25 heavy (non-hydrogen) atoms. The lowest BCUT2D eigenvalue weighted by molar-refractivity contribution is -0.112. The third-order valence-electron chi connectivity index (χ3n) is 3.74. The highest BCUT2D eigenvalue weighted by molar-refractivity contribution is 6.11. The van der Waals surface area contributed by atoms with Crippen molar-refractivity contribution in [3.63, 3.8) is 0 Å². The lowest BCUT2D eigenvalue weighted by Crippen LogP contribution is -2.14. The summed E-state index contributed by atoms with van der Waals surface area (Å²) in [6.45, 7) is 0. The number of amides is 1. The minimum Gasteiger partial charge on any atom is -0.321 e. The minimum absolute atomic E-state index is 0.0639. The molecule has 0 atom stereocenters. The number of carbonyl (C=O) groups is 1. The van der Waals surface area contributed by atoms with E-state index < -0.39 is 5.91 Å². The van der Waals surface area contributed by atoms with Gasteiger partial charge in [0.1, 0.15) is 11.6 Å². The van der Waals surface area contributed by atoms with E-state index in [1.165, 1.54) is 0 Å². The lowest BCUT2D eigenvalue weighted by Gasteiger charge is -2.11. The van der Waals surface area contributed by atoms with Crippen molar-refractivity contribution < 1.29 is 4.79 Å². The van der Waals surface area contributed by atoms with Crippen LogP contribution in [0.3, 0.4) is 0 Å². The van der Waals surface area contributed by atoms with E-state index in [0.717, 1.165) is 16.7 Å². The van der Waals surface area contributed by atoms with Crippen molar-refractivity contribution in [1.29, 1.82) is 5.26 Å². The average molecular weight is 324 g/mol. The Bertz CT molecular complexity index is 939. The highest BCUT2D eigenvalue weighted by atomic mass is 16.1. The van der Waals surface area contributed by atoms with Gasteiger partial charge in [-0.15, -0.1) is 0 Å². The third-order valence-corrected chi connectivity index (χ3v) is 3.74. The number of nitrogens with zero attached hydrogens (tertiary/aromatic N) is 1. The molecule has 0 aliphatic rings. The van der Waals surface area contributed by atoms with E-state index in [1.807, 2.05) is 91.0 Å². The summed E-state index contributed by atoms with van der Waals surface area (Å²) in [5.41, 5.74) is 3.46. The van der Waals surface area contributed by atoms with E-state index in [9.17, 15) is 10.1 Å². The molecule has 0 spiro atoms. The summed E-state index contributed by atoms with van der Waals surface area (Å²) < 4.78 is 0. The second kappa shape index (κ2) is 7.76. The van der Waals surface area contributed by atoms with Crippen LogP contribution in [0.15, 0.2) is 90.5 Å². The molecule has 1 N–H and O–H groups in total. The van der Waals surface area contributed by atoms with Crippen molar-refractivity contribution in [1.82, 2.24) is 0 Å². The Kier molecular flexibility index (Phi) is 5.04. The smallest absolute Gasteiger partial charge is 0.266 e. The zero-order valence-corrected chi connectivity index (χ0v) is 13.5. The van der Waals surface area contributed by atoms with E-state index in [4.69, 9.17) is 0 Å². The second-order valence-corrected chi connectivity index (χ2v) is 5.45. The van der Waals surface area contributed by atoms with Gasteiger partial charge in [-0.1, -0.05) is 78.9 Å². The Balaban J connectivity index is 1.89. The van der Waals surface area contributed by atoms with E-state index in [2.05, 4.69) is 5.32 Å². The largest absolute Gasteiger partial charge is 0.321 e. The van der Waals surface area contributed by atoms with Crippen molar-refractivity contribution in [2.24, 2.45) is 0 Å². The van der Waals surface area contributed by atoms with Crippen molar-refractivity contribution in [2.45, 2.75) is 0 Å². The Morgan fingerprint density at radius 3 is 2.12 bits per heavy atom. The molecule has 3 rings (SSSR count). The standard InChI is InChI=1S/C22H16N2O/c23-16-19(15-17-9-3-1-4-10-17)22(25)24-21-14-8-7-13-20(21)18-11-5-2-6-12-18/h1-15H,(H,24,25)/b19-15-. The summed E-state index contributed by atoms with van der Waals surface area (Å²) in [4.78, 5) is 12.5. The number of nitriles is 1. The molecule has 0 aliphatic heterocycles. The van der Waals surface area contributed by atoms with Crippen LogP contribution in [-0.2, 0) is 4.79 Å². The fraction of sp³-hybridized carbons (Fsp3) is 0. The molecule has 0 bridgehead atoms. The van der Waals surface area contributed by atoms with Crippen molar-refractivity contribution >= 4 is 17.7 Å². The Labute approximate surface area is 146 Å². The monoisotopic (exact) mass is 324 g/mol. The van der Waals surface area contributed by atoms with Gasteiger partial charge in [-0.05, 0) is 23.3 Å². The normalized spacial score (nSPS) is 10.8. The van der Waals surface area contributed by atoms with Crippen LogP contribution in [0.2, 0.25) is 0 Å². The summed E-state index contributed by atoms with van der Waals surface area (Å²) in [6, 6.07) is 28.7. The topological polar surface area (TPSA) is 52.9 Å². The van der Waals surface area contributed by atoms with E-state index in [0.29, 0.717) is 5.69 Å². The Hall–Kier alpha value is -3.64. The predicted octanol–water partition coefficient (Wildman–Crippen LogP) is 4.90. The van der Waals surface area contributed by atoms with Crippen molar-refractivity contribution in [3.8, 4) is 17.2 Å². The van der Waals surface area contributed by atoms with Gasteiger partial charge in [0.15, 0.2) is 0 Å². The number of hydrogen-bond acceptors (Lipinski definition) is 2. The molecule has 3 heteroatoms.